The lowest BCUT2D eigenvalue weighted by atomic mass is 10.1. The van der Waals surface area contributed by atoms with Gasteiger partial charge in [-0.25, -0.2) is 0 Å². The summed E-state index contributed by atoms with van der Waals surface area (Å²) in [6, 6.07) is 16.2. The second-order valence-electron chi connectivity index (χ2n) is 8.59. The Morgan fingerprint density at radius 1 is 1.00 bits per heavy atom. The number of benzene rings is 2. The standard InChI is InChI=1S/C26H29ClN4O3/c1-18-8-9-22(16-19(18)2)31-25(32)11-10-24(28-31)29-12-5-13-30(15-14-29)26(33)20(3)34-23-7-4-6-21(27)17-23/h4,6-11,16-17,20H,5,12-15H2,1-3H3/t20-/m1/s1. The molecule has 4 rings (SSSR count). The molecule has 7 nitrogen and oxygen atoms in total. The van der Waals surface area contributed by atoms with Crippen LogP contribution in [0.15, 0.2) is 59.4 Å². The van der Waals surface area contributed by atoms with E-state index in [4.69, 9.17) is 16.3 Å². The Kier molecular flexibility index (Phi) is 7.22. The van der Waals surface area contributed by atoms with Crippen LogP contribution < -0.4 is 15.2 Å². The molecular weight excluding hydrogens is 452 g/mol. The molecule has 1 saturated heterocycles. The second kappa shape index (κ2) is 10.3. The van der Waals surface area contributed by atoms with Crippen molar-refractivity contribution in [2.75, 3.05) is 31.1 Å². The highest BCUT2D eigenvalue weighted by Crippen LogP contribution is 2.20. The van der Waals surface area contributed by atoms with E-state index in [9.17, 15) is 9.59 Å². The van der Waals surface area contributed by atoms with Crippen molar-refractivity contribution in [3.63, 3.8) is 0 Å². The van der Waals surface area contributed by atoms with Crippen molar-refractivity contribution in [1.29, 1.82) is 0 Å². The van der Waals surface area contributed by atoms with Crippen LogP contribution >= 0.6 is 11.6 Å². The number of aryl methyl sites for hydroxylation is 2. The SMILES string of the molecule is Cc1ccc(-n2nc(N3CCCN(C(=O)[C@@H](C)Oc4cccc(Cl)c4)CC3)ccc2=O)cc1C. The third-order valence-corrected chi connectivity index (χ3v) is 6.34. The largest absolute Gasteiger partial charge is 0.481 e. The molecule has 34 heavy (non-hydrogen) atoms. The molecule has 0 aliphatic carbocycles. The van der Waals surface area contributed by atoms with Crippen molar-refractivity contribution >= 4 is 23.3 Å². The summed E-state index contributed by atoms with van der Waals surface area (Å²) in [5, 5.41) is 5.20. The van der Waals surface area contributed by atoms with E-state index in [0.29, 0.717) is 30.4 Å². The molecular formula is C26H29ClN4O3. The third kappa shape index (κ3) is 5.42. The van der Waals surface area contributed by atoms with Gasteiger partial charge in [0.1, 0.15) is 11.6 Å². The number of aromatic nitrogens is 2. The highest BCUT2D eigenvalue weighted by atomic mass is 35.5. The first-order valence-corrected chi connectivity index (χ1v) is 11.8. The monoisotopic (exact) mass is 480 g/mol. The van der Waals surface area contributed by atoms with Gasteiger partial charge in [0.15, 0.2) is 6.10 Å². The van der Waals surface area contributed by atoms with Gasteiger partial charge in [0.2, 0.25) is 0 Å². The molecule has 0 radical (unpaired) electrons. The molecule has 1 aromatic heterocycles. The van der Waals surface area contributed by atoms with E-state index in [2.05, 4.69) is 10.00 Å². The summed E-state index contributed by atoms with van der Waals surface area (Å²) in [5.74, 6) is 1.23. The molecule has 0 unspecified atom stereocenters. The number of hydrogen-bond acceptors (Lipinski definition) is 5. The zero-order valence-electron chi connectivity index (χ0n) is 19.7. The molecule has 8 heteroatoms. The summed E-state index contributed by atoms with van der Waals surface area (Å²) < 4.78 is 7.26. The van der Waals surface area contributed by atoms with Crippen LogP contribution in [0.3, 0.4) is 0 Å². The Bertz CT molecular complexity index is 1240. The van der Waals surface area contributed by atoms with Gasteiger partial charge in [-0.3, -0.25) is 9.59 Å². The predicted octanol–water partition coefficient (Wildman–Crippen LogP) is 4.01. The van der Waals surface area contributed by atoms with E-state index in [1.165, 1.54) is 10.2 Å². The lowest BCUT2D eigenvalue weighted by Crippen LogP contribution is -2.42. The van der Waals surface area contributed by atoms with E-state index in [-0.39, 0.29) is 11.5 Å². The minimum absolute atomic E-state index is 0.0603. The fraction of sp³-hybridized carbons (Fsp3) is 0.346. The number of nitrogens with zero attached hydrogens (tertiary/aromatic N) is 4. The van der Waals surface area contributed by atoms with Crippen LogP contribution in [0.5, 0.6) is 5.75 Å². The van der Waals surface area contributed by atoms with Gasteiger partial charge in [0.05, 0.1) is 5.69 Å². The average molecular weight is 481 g/mol. The molecule has 1 atom stereocenters. The van der Waals surface area contributed by atoms with Gasteiger partial charge in [-0.05, 0) is 74.7 Å². The highest BCUT2D eigenvalue weighted by Gasteiger charge is 2.25. The van der Waals surface area contributed by atoms with Crippen LogP contribution in [0, 0.1) is 13.8 Å². The Morgan fingerprint density at radius 2 is 1.82 bits per heavy atom. The minimum atomic E-state index is -0.616. The van der Waals surface area contributed by atoms with Crippen molar-refractivity contribution in [2.45, 2.75) is 33.3 Å². The fourth-order valence-corrected chi connectivity index (χ4v) is 4.21. The van der Waals surface area contributed by atoms with Gasteiger partial charge in [-0.1, -0.05) is 23.7 Å². The zero-order valence-corrected chi connectivity index (χ0v) is 20.5. The first kappa shape index (κ1) is 23.8. The molecule has 1 amide bonds. The Hall–Kier alpha value is -3.32. The molecule has 2 heterocycles. The van der Waals surface area contributed by atoms with Crippen LogP contribution in [0.1, 0.15) is 24.5 Å². The number of anilines is 1. The minimum Gasteiger partial charge on any atom is -0.481 e. The van der Waals surface area contributed by atoms with Crippen molar-refractivity contribution in [1.82, 2.24) is 14.7 Å². The van der Waals surface area contributed by atoms with E-state index in [1.807, 2.05) is 36.9 Å². The predicted molar refractivity (Wildman–Crippen MR) is 134 cm³/mol. The van der Waals surface area contributed by atoms with Crippen molar-refractivity contribution < 1.29 is 9.53 Å². The summed E-state index contributed by atoms with van der Waals surface area (Å²) in [5.41, 5.74) is 2.84. The van der Waals surface area contributed by atoms with Crippen LogP contribution in [0.4, 0.5) is 5.82 Å². The molecule has 178 valence electrons. The first-order chi connectivity index (χ1) is 16.3. The number of hydrogen-bond donors (Lipinski definition) is 0. The highest BCUT2D eigenvalue weighted by molar-refractivity contribution is 6.30. The van der Waals surface area contributed by atoms with Crippen LogP contribution in [-0.2, 0) is 4.79 Å². The van der Waals surface area contributed by atoms with Gasteiger partial charge in [0.25, 0.3) is 11.5 Å². The molecule has 0 saturated carbocycles. The Labute approximate surface area is 204 Å². The van der Waals surface area contributed by atoms with Crippen LogP contribution in [-0.4, -0.2) is 52.9 Å². The van der Waals surface area contributed by atoms with Crippen molar-refractivity contribution in [3.05, 3.63) is 81.1 Å². The van der Waals surface area contributed by atoms with Crippen molar-refractivity contribution in [3.8, 4) is 11.4 Å². The van der Waals surface area contributed by atoms with Gasteiger partial charge in [-0.2, -0.15) is 4.68 Å². The summed E-state index contributed by atoms with van der Waals surface area (Å²) in [7, 11) is 0. The second-order valence-corrected chi connectivity index (χ2v) is 9.03. The Balaban J connectivity index is 1.45. The van der Waals surface area contributed by atoms with Gasteiger partial charge < -0.3 is 14.5 Å². The molecule has 2 aromatic carbocycles. The normalized spacial score (nSPS) is 15.1. The molecule has 1 aliphatic heterocycles. The lowest BCUT2D eigenvalue weighted by molar-refractivity contribution is -0.137. The number of carbonyl (C=O) groups is 1. The zero-order chi connectivity index (χ0) is 24.2. The summed E-state index contributed by atoms with van der Waals surface area (Å²) in [6.07, 6.45) is 0.176. The summed E-state index contributed by atoms with van der Waals surface area (Å²) in [6.45, 7) is 8.36. The van der Waals surface area contributed by atoms with E-state index >= 15 is 0 Å². The molecule has 0 N–H and O–H groups in total. The van der Waals surface area contributed by atoms with E-state index in [0.717, 1.165) is 30.0 Å². The van der Waals surface area contributed by atoms with Crippen LogP contribution in [0.2, 0.25) is 5.02 Å². The van der Waals surface area contributed by atoms with Gasteiger partial charge >= 0.3 is 0 Å². The number of carbonyl (C=O) groups excluding carboxylic acids is 1. The third-order valence-electron chi connectivity index (χ3n) is 6.11. The number of amides is 1. The Morgan fingerprint density at radius 3 is 2.59 bits per heavy atom. The number of rotatable bonds is 5. The topological polar surface area (TPSA) is 67.7 Å². The average Bonchev–Trinajstić information content (AvgIpc) is 3.07. The van der Waals surface area contributed by atoms with Gasteiger partial charge in [0, 0.05) is 37.3 Å². The van der Waals surface area contributed by atoms with E-state index in [1.54, 1.807) is 43.3 Å². The summed E-state index contributed by atoms with van der Waals surface area (Å²) in [4.78, 5) is 29.5. The maximum atomic E-state index is 13.0. The molecule has 3 aromatic rings. The molecule has 0 spiro atoms. The van der Waals surface area contributed by atoms with Crippen molar-refractivity contribution in [2.24, 2.45) is 0 Å². The molecule has 1 aliphatic rings. The van der Waals surface area contributed by atoms with E-state index < -0.39 is 6.10 Å². The maximum absolute atomic E-state index is 13.0. The summed E-state index contributed by atoms with van der Waals surface area (Å²) >= 11 is 6.02. The van der Waals surface area contributed by atoms with Crippen LogP contribution in [0.25, 0.3) is 5.69 Å². The van der Waals surface area contributed by atoms with Gasteiger partial charge in [-0.15, -0.1) is 5.10 Å². The lowest BCUT2D eigenvalue weighted by Gasteiger charge is -2.25. The molecule has 1 fully saturated rings. The number of ether oxygens (including phenoxy) is 1. The molecule has 0 bridgehead atoms. The smallest absolute Gasteiger partial charge is 0.271 e. The quantitative estimate of drug-likeness (QED) is 0.552. The number of halogens is 1. The fourth-order valence-electron chi connectivity index (χ4n) is 4.03. The first-order valence-electron chi connectivity index (χ1n) is 11.5. The maximum Gasteiger partial charge on any atom is 0.271 e.